The Labute approximate surface area is 465 Å². The van der Waals surface area contributed by atoms with Gasteiger partial charge in [-0.3, -0.25) is 13.7 Å². The molecule has 77 heavy (non-hydrogen) atoms. The second-order valence-corrected chi connectivity index (χ2v) is 20.0. The van der Waals surface area contributed by atoms with Gasteiger partial charge in [0.05, 0.1) is 63.9 Å². The molecule has 0 aliphatic rings. The first-order chi connectivity index (χ1) is 43.1. The average Bonchev–Trinajstić information content (AvgIpc) is 1.53. The molecule has 14 aromatic rings. The predicted molar refractivity (Wildman–Crippen MR) is 316 cm³/mol. The van der Waals surface area contributed by atoms with Crippen molar-refractivity contribution in [1.29, 1.82) is 0 Å². The molecule has 0 saturated carbocycles. The van der Waals surface area contributed by atoms with E-state index >= 15 is 0 Å². The van der Waals surface area contributed by atoms with Crippen molar-refractivity contribution < 1.29 is 27.1 Å². The maximum atomic E-state index is 9.30. The molecule has 0 N–H and O–H groups in total. The molecule has 10 aromatic carbocycles. The maximum Gasteiger partial charge on any atom is 0.269 e. The zero-order chi connectivity index (χ0) is 63.0. The molecule has 0 radical (unpaired) electrons. The minimum atomic E-state index is -2.53. The summed E-state index contributed by atoms with van der Waals surface area (Å²) in [6.07, 6.45) is 5.36. The van der Waals surface area contributed by atoms with E-state index in [0.717, 1.165) is 60.7 Å². The lowest BCUT2D eigenvalue weighted by molar-refractivity contribution is -0.571. The molecule has 0 aliphatic carbocycles. The predicted octanol–water partition coefficient (Wildman–Crippen LogP) is 17.7. The minimum Gasteiger partial charge on any atom is -0.456 e. The summed E-state index contributed by atoms with van der Waals surface area (Å²) in [5.41, 5.74) is 7.42. The van der Waals surface area contributed by atoms with Crippen molar-refractivity contribution in [3.63, 3.8) is 0 Å². The van der Waals surface area contributed by atoms with E-state index in [1.54, 1.807) is 63.7 Å². The first-order valence-corrected chi connectivity index (χ1v) is 25.3. The van der Waals surface area contributed by atoms with E-state index in [-0.39, 0.29) is 38.9 Å². The first-order valence-electron chi connectivity index (χ1n) is 31.8. The van der Waals surface area contributed by atoms with Crippen LogP contribution in [0.4, 0.5) is 0 Å². The van der Waals surface area contributed by atoms with E-state index in [9.17, 15) is 5.48 Å². The van der Waals surface area contributed by atoms with E-state index in [0.29, 0.717) is 39.3 Å². The number of pyridine rings is 1. The Morgan fingerprint density at radius 1 is 0.519 bits per heavy atom. The van der Waals surface area contributed by atoms with Gasteiger partial charge in [0.2, 0.25) is 0 Å². The third-order valence-electron chi connectivity index (χ3n) is 14.4. The number of hydrogen-bond acceptors (Lipinski definition) is 2. The number of aromatic nitrogens is 5. The first kappa shape index (κ1) is 33.9. The fourth-order valence-electron chi connectivity index (χ4n) is 10.8. The fraction of sp³-hybridized carbons (Fsp3) is 0.0704. The van der Waals surface area contributed by atoms with Gasteiger partial charge >= 0.3 is 0 Å². The van der Waals surface area contributed by atoms with Crippen LogP contribution in [0.25, 0.3) is 111 Å². The van der Waals surface area contributed by atoms with Crippen LogP contribution in [0.5, 0.6) is 11.5 Å². The highest BCUT2D eigenvalue weighted by Gasteiger charge is 2.25. The summed E-state index contributed by atoms with van der Waals surface area (Å²) in [6.45, 7) is 4.00. The highest BCUT2D eigenvalue weighted by Crippen LogP contribution is 2.43. The molecule has 6 heteroatoms. The summed E-state index contributed by atoms with van der Waals surface area (Å²) in [7, 11) is 0. The maximum absolute atomic E-state index is 9.30. The van der Waals surface area contributed by atoms with Crippen LogP contribution >= 0.6 is 0 Å². The lowest BCUT2D eigenvalue weighted by Crippen LogP contribution is -2.31. The Morgan fingerprint density at radius 3 is 1.81 bits per heavy atom. The molecule has 4 aromatic heterocycles. The number of para-hydroxylation sites is 4. The molecule has 0 spiro atoms. The van der Waals surface area contributed by atoms with Crippen LogP contribution in [0.15, 0.2) is 249 Å². The van der Waals surface area contributed by atoms with Gasteiger partial charge in [-0.1, -0.05) is 196 Å². The third-order valence-corrected chi connectivity index (χ3v) is 14.4. The number of fused-ring (bicyclic) bond motifs is 7. The molecule has 6 nitrogen and oxygen atoms in total. The summed E-state index contributed by atoms with van der Waals surface area (Å²) in [5, 5.41) is 4.10. The van der Waals surface area contributed by atoms with Gasteiger partial charge in [-0.15, -0.1) is 0 Å². The SMILES string of the molecule is [2H]c1c([2H])c([2H])c(-c2cccc(-c3c([2H])c([2H])c([2H])c([2H])c3[2H])c2-[n+]2[c-]n(-c3cccc(Oc4cc5c(cc4-n4c6ccccc6c6ccccc64)c4ccccc4n5-c4cc(C(C)(C)C)ccn4)c3)c3ccc(-c4ccccc4C([2H])([2H])[2H])cc32)c([2H])c1[2H]. The molecular formula is C71H53N5O. The molecule has 0 amide bonds. The zero-order valence-electron chi connectivity index (χ0n) is 55.0. The van der Waals surface area contributed by atoms with Gasteiger partial charge < -0.3 is 9.30 Å². The lowest BCUT2D eigenvalue weighted by atomic mass is 9.88. The van der Waals surface area contributed by atoms with Crippen molar-refractivity contribution in [2.45, 2.75) is 33.0 Å². The Bertz CT molecular complexity index is 5150. The van der Waals surface area contributed by atoms with Gasteiger partial charge in [-0.25, -0.2) is 4.98 Å². The van der Waals surface area contributed by atoms with E-state index in [1.165, 1.54) is 6.07 Å². The quantitative estimate of drug-likeness (QED) is 0.107. The average molecular weight is 1010 g/mol. The number of imidazole rings is 1. The summed E-state index contributed by atoms with van der Waals surface area (Å²) >= 11 is 0. The van der Waals surface area contributed by atoms with Gasteiger partial charge in [0.1, 0.15) is 11.6 Å². The van der Waals surface area contributed by atoms with Crippen LogP contribution in [0.1, 0.15) is 49.7 Å². The van der Waals surface area contributed by atoms with Crippen LogP contribution in [-0.4, -0.2) is 18.7 Å². The highest BCUT2D eigenvalue weighted by molar-refractivity contribution is 6.13. The number of ether oxygens (including phenoxy) is 1. The van der Waals surface area contributed by atoms with Crippen molar-refractivity contribution >= 4 is 54.6 Å². The molecule has 0 fully saturated rings. The van der Waals surface area contributed by atoms with Gasteiger partial charge in [0.25, 0.3) is 6.33 Å². The lowest BCUT2D eigenvalue weighted by Gasteiger charge is -2.20. The number of benzene rings is 10. The normalized spacial score (nSPS) is 14.5. The fourth-order valence-corrected chi connectivity index (χ4v) is 10.8. The molecule has 0 saturated heterocycles. The van der Waals surface area contributed by atoms with Crippen LogP contribution in [0.3, 0.4) is 0 Å². The standard InChI is InChI=1S/C71H53N5O/c1-47-21-11-12-28-54(47)50-37-38-64-66(41-50)74(70-55(48-22-7-5-8-23-48)32-20-33-56(70)49-24-9-6-10-25-49)46-73(64)52-26-19-27-53(43-52)77-68-45-65-60(44-67(68)75-61-34-16-13-29-57(61)58-30-14-17-35-62(58)75)59-31-15-18-36-63(59)76(65)69-42-51(39-40-72-69)71(2,3)4/h5-45H,1-4H3/i1D3,5D,6D,7D,8D,9D,10D,22D,23D,24D,25D. The smallest absolute Gasteiger partial charge is 0.269 e. The Morgan fingerprint density at radius 2 is 1.13 bits per heavy atom. The second-order valence-electron chi connectivity index (χ2n) is 20.0. The molecule has 0 atom stereocenters. The van der Waals surface area contributed by atoms with Crippen LogP contribution in [0.2, 0.25) is 0 Å². The monoisotopic (exact) mass is 1000 g/mol. The van der Waals surface area contributed by atoms with Crippen molar-refractivity contribution in [2.24, 2.45) is 0 Å². The summed E-state index contributed by atoms with van der Waals surface area (Å²) < 4.78 is 130. The summed E-state index contributed by atoms with van der Waals surface area (Å²) in [6, 6.07) is 51.4. The van der Waals surface area contributed by atoms with Crippen LogP contribution < -0.4 is 9.30 Å². The van der Waals surface area contributed by atoms with E-state index < -0.39 is 67.3 Å². The summed E-state index contributed by atoms with van der Waals surface area (Å²) in [4.78, 5) is 4.98. The number of nitrogens with zero attached hydrogens (tertiary/aromatic N) is 5. The molecule has 0 aliphatic heterocycles. The number of aryl methyl sites for hydroxylation is 1. The van der Waals surface area contributed by atoms with E-state index in [1.807, 2.05) is 72.9 Å². The van der Waals surface area contributed by atoms with Crippen LogP contribution in [-0.2, 0) is 5.41 Å². The van der Waals surface area contributed by atoms with Crippen molar-refractivity contribution in [1.82, 2.24) is 18.7 Å². The molecule has 368 valence electrons. The van der Waals surface area contributed by atoms with Gasteiger partial charge in [0, 0.05) is 37.9 Å². The van der Waals surface area contributed by atoms with E-state index in [4.69, 9.17) is 22.1 Å². The zero-order valence-corrected chi connectivity index (χ0v) is 42.0. The van der Waals surface area contributed by atoms with Crippen molar-refractivity contribution in [3.05, 3.63) is 266 Å². The summed E-state index contributed by atoms with van der Waals surface area (Å²) in [5.74, 6) is 1.66. The Kier molecular flexibility index (Phi) is 8.04. The number of rotatable bonds is 9. The third kappa shape index (κ3) is 7.79. The molecule has 0 unspecified atom stereocenters. The van der Waals surface area contributed by atoms with Crippen molar-refractivity contribution in [2.75, 3.05) is 0 Å². The van der Waals surface area contributed by atoms with Gasteiger partial charge in [-0.05, 0) is 117 Å². The second kappa shape index (κ2) is 18.3. The van der Waals surface area contributed by atoms with Crippen LogP contribution in [0, 0.1) is 13.2 Å². The van der Waals surface area contributed by atoms with E-state index in [2.05, 4.69) is 90.8 Å². The van der Waals surface area contributed by atoms with Gasteiger partial charge in [0.15, 0.2) is 5.75 Å². The molecule has 14 rings (SSSR count). The number of hydrogen-bond donors (Lipinski definition) is 0. The largest absolute Gasteiger partial charge is 0.456 e. The van der Waals surface area contributed by atoms with Gasteiger partial charge in [-0.2, -0.15) is 0 Å². The Hall–Kier alpha value is -9.78. The topological polar surface area (TPSA) is 40.8 Å². The van der Waals surface area contributed by atoms with Crippen molar-refractivity contribution in [3.8, 4) is 67.8 Å². The minimum absolute atomic E-state index is 0.0488. The molecule has 4 heterocycles. The Balaban J connectivity index is 1.04. The molecule has 0 bridgehead atoms. The highest BCUT2D eigenvalue weighted by atomic mass is 16.5. The molecular weight excluding hydrogens is 939 g/mol.